The van der Waals surface area contributed by atoms with Crippen molar-refractivity contribution in [2.75, 3.05) is 11.9 Å². The number of urea groups is 1. The number of aromatic nitrogens is 2. The third kappa shape index (κ3) is 3.34. The zero-order valence-electron chi connectivity index (χ0n) is 16.3. The zero-order chi connectivity index (χ0) is 20.1. The molecule has 0 spiro atoms. The zero-order valence-corrected chi connectivity index (χ0v) is 17.1. The predicted molar refractivity (Wildman–Crippen MR) is 106 cm³/mol. The van der Waals surface area contributed by atoms with Crippen molar-refractivity contribution in [2.45, 2.75) is 51.5 Å². The Labute approximate surface area is 164 Å². The van der Waals surface area contributed by atoms with Gasteiger partial charge in [-0.15, -0.1) is 0 Å². The first-order valence-electron chi connectivity index (χ1n) is 9.34. The van der Waals surface area contributed by atoms with E-state index in [4.69, 9.17) is 9.52 Å². The summed E-state index contributed by atoms with van der Waals surface area (Å²) >= 11 is 0. The van der Waals surface area contributed by atoms with Crippen LogP contribution in [0.15, 0.2) is 23.2 Å². The second-order valence-electron chi connectivity index (χ2n) is 8.29. The van der Waals surface area contributed by atoms with Crippen LogP contribution in [0.2, 0.25) is 0 Å². The molecule has 9 heteroatoms. The lowest BCUT2D eigenvalue weighted by Gasteiger charge is -2.30. The van der Waals surface area contributed by atoms with Gasteiger partial charge in [0, 0.05) is 11.1 Å². The topological polar surface area (TPSA) is 109 Å². The van der Waals surface area contributed by atoms with Crippen LogP contribution in [0, 0.1) is 17.1 Å². The summed E-state index contributed by atoms with van der Waals surface area (Å²) in [6.45, 7) is 7.04. The summed E-state index contributed by atoms with van der Waals surface area (Å²) in [7, 11) is -3.61. The summed E-state index contributed by atoms with van der Waals surface area (Å²) in [5.41, 5.74) is 3.95. The van der Waals surface area contributed by atoms with Gasteiger partial charge in [0.25, 0.3) is 0 Å². The van der Waals surface area contributed by atoms with Gasteiger partial charge in [0.2, 0.25) is 5.88 Å². The van der Waals surface area contributed by atoms with Gasteiger partial charge in [0.15, 0.2) is 9.92 Å². The molecule has 3 N–H and O–H groups in total. The lowest BCUT2D eigenvalue weighted by molar-refractivity contribution is 0.0971. The van der Waals surface area contributed by atoms with Crippen LogP contribution >= 0.6 is 0 Å². The number of aryl methyl sites for hydroxylation is 2. The average Bonchev–Trinajstić information content (AvgIpc) is 3.22. The van der Waals surface area contributed by atoms with E-state index in [-0.39, 0.29) is 16.2 Å². The Bertz CT molecular complexity index is 1060. The van der Waals surface area contributed by atoms with E-state index in [1.54, 1.807) is 4.68 Å². The molecule has 2 aromatic rings. The number of amides is 2. The average molecular weight is 404 g/mol. The minimum Gasteiger partial charge on any atom is -0.476 e. The standard InChI is InChI=1S/C19H25N5O3S/c1-12-7-8-13-5-4-6-14(13)16(12)22-18(25)23-28(20,26)15-9-21-24-10-19(2,3)11-27-17(15)24/h7-9H,4-6,10-11H2,1-3H3,(H3,20,22,23,25,26). The van der Waals surface area contributed by atoms with Gasteiger partial charge >= 0.3 is 6.03 Å². The number of anilines is 1. The Morgan fingerprint density at radius 2 is 2.14 bits per heavy atom. The molecule has 1 aliphatic heterocycles. The van der Waals surface area contributed by atoms with E-state index in [0.717, 1.165) is 36.1 Å². The second kappa shape index (κ2) is 6.51. The molecule has 0 fully saturated rings. The maximum atomic E-state index is 13.0. The number of nitrogens with one attached hydrogen (secondary N) is 3. The molecular formula is C19H25N5O3S. The highest BCUT2D eigenvalue weighted by Crippen LogP contribution is 2.34. The maximum Gasteiger partial charge on any atom is 0.331 e. The van der Waals surface area contributed by atoms with Crippen molar-refractivity contribution in [3.8, 4) is 5.88 Å². The van der Waals surface area contributed by atoms with Crippen LogP contribution in [-0.2, 0) is 29.3 Å². The number of hydrogen-bond acceptors (Lipinski definition) is 5. The monoisotopic (exact) mass is 403 g/mol. The van der Waals surface area contributed by atoms with Gasteiger partial charge in [-0.25, -0.2) is 23.2 Å². The molecule has 1 aromatic heterocycles. The molecule has 2 amide bonds. The van der Waals surface area contributed by atoms with Crippen molar-refractivity contribution in [1.82, 2.24) is 14.5 Å². The summed E-state index contributed by atoms with van der Waals surface area (Å²) < 4.78 is 30.8. The Hall–Kier alpha value is -2.55. The number of carbonyl (C=O) groups excluding carboxylic acids is 1. The fourth-order valence-corrected chi connectivity index (χ4v) is 4.84. The van der Waals surface area contributed by atoms with Crippen LogP contribution in [0.1, 0.15) is 37.0 Å². The Morgan fingerprint density at radius 1 is 1.36 bits per heavy atom. The molecule has 0 saturated heterocycles. The number of rotatable bonds is 3. The summed E-state index contributed by atoms with van der Waals surface area (Å²) in [6.07, 6.45) is 4.30. The Kier molecular flexibility index (Phi) is 4.37. The van der Waals surface area contributed by atoms with Crippen molar-refractivity contribution < 1.29 is 13.7 Å². The van der Waals surface area contributed by atoms with Crippen LogP contribution < -0.4 is 14.8 Å². The van der Waals surface area contributed by atoms with Crippen LogP contribution in [0.25, 0.3) is 0 Å². The van der Waals surface area contributed by atoms with E-state index in [2.05, 4.69) is 21.2 Å². The third-order valence-electron chi connectivity index (χ3n) is 5.21. The molecule has 1 aromatic carbocycles. The lowest BCUT2D eigenvalue weighted by Crippen LogP contribution is -2.36. The number of benzene rings is 1. The van der Waals surface area contributed by atoms with E-state index < -0.39 is 15.9 Å². The van der Waals surface area contributed by atoms with Crippen molar-refractivity contribution in [2.24, 2.45) is 5.41 Å². The second-order valence-corrected chi connectivity index (χ2v) is 10.0. The minimum absolute atomic E-state index is 0.0909. The Morgan fingerprint density at radius 3 is 2.93 bits per heavy atom. The molecule has 1 aliphatic carbocycles. The van der Waals surface area contributed by atoms with Gasteiger partial charge in [-0.3, -0.25) is 0 Å². The predicted octanol–water partition coefficient (Wildman–Crippen LogP) is 3.24. The summed E-state index contributed by atoms with van der Waals surface area (Å²) in [5.74, 6) is 0.288. The molecule has 4 rings (SSSR count). The van der Waals surface area contributed by atoms with Gasteiger partial charge in [-0.1, -0.05) is 26.0 Å². The van der Waals surface area contributed by atoms with Crippen LogP contribution in [-0.4, -0.2) is 26.6 Å². The number of fused-ring (bicyclic) bond motifs is 2. The molecule has 8 nitrogen and oxygen atoms in total. The van der Waals surface area contributed by atoms with Gasteiger partial charge in [-0.05, 0) is 42.9 Å². The maximum absolute atomic E-state index is 13.0. The summed E-state index contributed by atoms with van der Waals surface area (Å²) in [6, 6.07) is 3.40. The highest BCUT2D eigenvalue weighted by molar-refractivity contribution is 7.91. The van der Waals surface area contributed by atoms with E-state index in [1.807, 2.05) is 26.8 Å². The summed E-state index contributed by atoms with van der Waals surface area (Å²) in [4.78, 5) is 12.6. The van der Waals surface area contributed by atoms with Crippen LogP contribution in [0.3, 0.4) is 0 Å². The quantitative estimate of drug-likeness (QED) is 0.731. The molecular weight excluding hydrogens is 378 g/mol. The molecule has 28 heavy (non-hydrogen) atoms. The van der Waals surface area contributed by atoms with Crippen molar-refractivity contribution >= 4 is 21.6 Å². The van der Waals surface area contributed by atoms with Crippen molar-refractivity contribution in [3.05, 3.63) is 35.0 Å². The number of ether oxygens (including phenoxy) is 1. The van der Waals surface area contributed by atoms with Gasteiger partial charge in [0.1, 0.15) is 4.90 Å². The SMILES string of the molecule is Cc1ccc2c(c1NC(=O)NS(=N)(=O)c1cnn3c1OCC(C)(C)C3)CCC2. The smallest absolute Gasteiger partial charge is 0.331 e. The van der Waals surface area contributed by atoms with Crippen LogP contribution in [0.4, 0.5) is 10.5 Å². The molecule has 1 atom stereocenters. The number of carbonyl (C=O) groups is 1. The normalized spacial score (nSPS) is 19.1. The fourth-order valence-electron chi connectivity index (χ4n) is 3.81. The highest BCUT2D eigenvalue weighted by atomic mass is 32.2. The molecule has 2 heterocycles. The minimum atomic E-state index is -3.61. The Balaban J connectivity index is 1.55. The van der Waals surface area contributed by atoms with E-state index >= 15 is 0 Å². The van der Waals surface area contributed by atoms with E-state index in [9.17, 15) is 9.00 Å². The first-order valence-corrected chi connectivity index (χ1v) is 10.9. The van der Waals surface area contributed by atoms with E-state index in [0.29, 0.717) is 13.2 Å². The summed E-state index contributed by atoms with van der Waals surface area (Å²) in [5, 5.41) is 7.00. The third-order valence-corrected chi connectivity index (χ3v) is 6.59. The van der Waals surface area contributed by atoms with Gasteiger partial charge < -0.3 is 10.1 Å². The van der Waals surface area contributed by atoms with Crippen LogP contribution in [0.5, 0.6) is 5.88 Å². The number of hydrogen-bond donors (Lipinski definition) is 3. The molecule has 150 valence electrons. The number of nitrogens with zero attached hydrogens (tertiary/aromatic N) is 2. The van der Waals surface area contributed by atoms with Crippen molar-refractivity contribution in [1.29, 1.82) is 4.78 Å². The molecule has 0 bridgehead atoms. The van der Waals surface area contributed by atoms with E-state index in [1.165, 1.54) is 11.8 Å². The first-order chi connectivity index (χ1) is 13.2. The molecule has 0 saturated carbocycles. The van der Waals surface area contributed by atoms with Gasteiger partial charge in [-0.2, -0.15) is 5.10 Å². The molecule has 0 radical (unpaired) electrons. The molecule has 2 aliphatic rings. The largest absolute Gasteiger partial charge is 0.476 e. The highest BCUT2D eigenvalue weighted by Gasteiger charge is 2.32. The first kappa shape index (κ1) is 18.8. The fraction of sp³-hybridized carbons (Fsp3) is 0.474. The molecule has 1 unspecified atom stereocenters. The van der Waals surface area contributed by atoms with Gasteiger partial charge in [0.05, 0.1) is 19.3 Å². The van der Waals surface area contributed by atoms with Crippen molar-refractivity contribution in [3.63, 3.8) is 0 Å². The lowest BCUT2D eigenvalue weighted by atomic mass is 9.94.